The van der Waals surface area contributed by atoms with Crippen molar-refractivity contribution in [3.8, 4) is 10.4 Å². The molecule has 1 saturated heterocycles. The third-order valence-corrected chi connectivity index (χ3v) is 9.21. The maximum atomic E-state index is 12.8. The standard InChI is InChI=1S/C26H31N3O4S2/c1-19-24(27-16-25(30)33-2)17-34-26(19)21-9-6-10-23(15-21)28-22-11-13-29(14-12-22)35(31,32)18-20-7-4-3-5-8-20/h3-10,15,17,22,27-28H,11-14,16,18H2,1-2H3. The van der Waals surface area contributed by atoms with Crippen LogP contribution in [0.3, 0.4) is 0 Å². The van der Waals surface area contributed by atoms with E-state index in [1.807, 2.05) is 54.8 Å². The summed E-state index contributed by atoms with van der Waals surface area (Å²) in [5, 5.41) is 8.74. The fourth-order valence-electron chi connectivity index (χ4n) is 4.26. The molecular weight excluding hydrogens is 482 g/mol. The highest BCUT2D eigenvalue weighted by molar-refractivity contribution is 7.88. The normalized spacial score (nSPS) is 15.0. The van der Waals surface area contributed by atoms with Crippen LogP contribution < -0.4 is 10.6 Å². The van der Waals surface area contributed by atoms with Gasteiger partial charge in [0.2, 0.25) is 10.0 Å². The first-order valence-corrected chi connectivity index (χ1v) is 14.1. The maximum Gasteiger partial charge on any atom is 0.325 e. The SMILES string of the molecule is COC(=O)CNc1csc(-c2cccc(NC3CCN(S(=O)(=O)Cc4ccccc4)CC3)c2)c1C. The molecule has 1 aliphatic rings. The number of thiophene rings is 1. The molecule has 0 unspecified atom stereocenters. The van der Waals surface area contributed by atoms with Crippen LogP contribution in [0.5, 0.6) is 0 Å². The second-order valence-electron chi connectivity index (χ2n) is 8.67. The molecule has 0 bridgehead atoms. The van der Waals surface area contributed by atoms with Gasteiger partial charge >= 0.3 is 5.97 Å². The summed E-state index contributed by atoms with van der Waals surface area (Å²) in [6.45, 7) is 3.21. The lowest BCUT2D eigenvalue weighted by Crippen LogP contribution is -2.42. The molecule has 2 aromatic carbocycles. The van der Waals surface area contributed by atoms with E-state index in [-0.39, 0.29) is 24.3 Å². The highest BCUT2D eigenvalue weighted by atomic mass is 32.2. The number of ether oxygens (including phenoxy) is 1. The molecule has 4 rings (SSSR count). The van der Waals surface area contributed by atoms with Crippen molar-refractivity contribution >= 4 is 38.7 Å². The van der Waals surface area contributed by atoms with E-state index in [0.29, 0.717) is 13.1 Å². The van der Waals surface area contributed by atoms with Crippen LogP contribution in [0, 0.1) is 6.92 Å². The number of nitrogens with one attached hydrogen (secondary N) is 2. The van der Waals surface area contributed by atoms with Crippen molar-refractivity contribution < 1.29 is 17.9 Å². The van der Waals surface area contributed by atoms with Gasteiger partial charge in [-0.3, -0.25) is 4.79 Å². The Bertz CT molecular complexity index is 1250. The van der Waals surface area contributed by atoms with Crippen LogP contribution in [0.1, 0.15) is 24.0 Å². The number of hydrogen-bond acceptors (Lipinski definition) is 7. The average molecular weight is 514 g/mol. The van der Waals surface area contributed by atoms with Crippen molar-refractivity contribution in [3.63, 3.8) is 0 Å². The van der Waals surface area contributed by atoms with E-state index in [2.05, 4.69) is 22.8 Å². The first kappa shape index (κ1) is 25.2. The number of carbonyl (C=O) groups is 1. The Morgan fingerprint density at radius 3 is 2.57 bits per heavy atom. The van der Waals surface area contributed by atoms with E-state index in [1.54, 1.807) is 15.6 Å². The van der Waals surface area contributed by atoms with Crippen LogP contribution in [0.25, 0.3) is 10.4 Å². The van der Waals surface area contributed by atoms with E-state index >= 15 is 0 Å². The first-order chi connectivity index (χ1) is 16.9. The summed E-state index contributed by atoms with van der Waals surface area (Å²) in [4.78, 5) is 12.6. The summed E-state index contributed by atoms with van der Waals surface area (Å²) >= 11 is 1.63. The highest BCUT2D eigenvalue weighted by Crippen LogP contribution is 2.36. The van der Waals surface area contributed by atoms with Crippen LogP contribution in [-0.2, 0) is 25.3 Å². The molecule has 1 fully saturated rings. The summed E-state index contributed by atoms with van der Waals surface area (Å²) < 4.78 is 32.0. The van der Waals surface area contributed by atoms with E-state index < -0.39 is 10.0 Å². The zero-order valence-corrected chi connectivity index (χ0v) is 21.6. The van der Waals surface area contributed by atoms with Crippen LogP contribution >= 0.6 is 11.3 Å². The lowest BCUT2D eigenvalue weighted by molar-refractivity contribution is -0.138. The molecule has 0 saturated carbocycles. The van der Waals surface area contributed by atoms with E-state index in [4.69, 9.17) is 4.74 Å². The molecule has 0 spiro atoms. The van der Waals surface area contributed by atoms with Gasteiger partial charge in [-0.25, -0.2) is 12.7 Å². The van der Waals surface area contributed by atoms with Gasteiger partial charge in [0.05, 0.1) is 12.9 Å². The second-order valence-corrected chi connectivity index (χ2v) is 11.5. The van der Waals surface area contributed by atoms with Gasteiger partial charge in [0.25, 0.3) is 0 Å². The third-order valence-electron chi connectivity index (χ3n) is 6.22. The molecule has 186 valence electrons. The number of carbonyl (C=O) groups excluding carboxylic acids is 1. The quantitative estimate of drug-likeness (QED) is 0.403. The predicted octanol–water partition coefficient (Wildman–Crippen LogP) is 4.71. The summed E-state index contributed by atoms with van der Waals surface area (Å²) in [5.41, 5.74) is 4.96. The largest absolute Gasteiger partial charge is 0.468 e. The monoisotopic (exact) mass is 513 g/mol. The van der Waals surface area contributed by atoms with Crippen molar-refractivity contribution in [2.75, 3.05) is 37.4 Å². The zero-order valence-electron chi connectivity index (χ0n) is 20.0. The molecular formula is C26H31N3O4S2. The fraction of sp³-hybridized carbons (Fsp3) is 0.346. The Balaban J connectivity index is 1.35. The summed E-state index contributed by atoms with van der Waals surface area (Å²) in [6.07, 6.45) is 1.52. The van der Waals surface area contributed by atoms with Gasteiger partial charge in [0.1, 0.15) is 6.54 Å². The van der Waals surface area contributed by atoms with Crippen molar-refractivity contribution in [2.45, 2.75) is 31.6 Å². The smallest absolute Gasteiger partial charge is 0.325 e. The molecule has 35 heavy (non-hydrogen) atoms. The molecule has 7 nitrogen and oxygen atoms in total. The van der Waals surface area contributed by atoms with Crippen LogP contribution in [-0.4, -0.2) is 51.5 Å². The van der Waals surface area contributed by atoms with E-state index in [1.165, 1.54) is 7.11 Å². The summed E-state index contributed by atoms with van der Waals surface area (Å²) in [5.74, 6) is -0.257. The molecule has 1 aliphatic heterocycles. The average Bonchev–Trinajstić information content (AvgIpc) is 3.23. The second kappa shape index (κ2) is 11.2. The van der Waals surface area contributed by atoms with Crippen LogP contribution in [0.15, 0.2) is 60.0 Å². The number of hydrogen-bond donors (Lipinski definition) is 2. The highest BCUT2D eigenvalue weighted by Gasteiger charge is 2.28. The number of benzene rings is 2. The van der Waals surface area contributed by atoms with Gasteiger partial charge < -0.3 is 15.4 Å². The van der Waals surface area contributed by atoms with Gasteiger partial charge in [0, 0.05) is 40.8 Å². The maximum absolute atomic E-state index is 12.8. The molecule has 0 radical (unpaired) electrons. The lowest BCUT2D eigenvalue weighted by Gasteiger charge is -2.32. The van der Waals surface area contributed by atoms with Crippen molar-refractivity contribution in [1.82, 2.24) is 4.31 Å². The van der Waals surface area contributed by atoms with E-state index in [9.17, 15) is 13.2 Å². The number of anilines is 2. The number of methoxy groups -OCH3 is 1. The number of rotatable bonds is 9. The Hall–Kier alpha value is -2.88. The minimum Gasteiger partial charge on any atom is -0.468 e. The number of sulfonamides is 1. The molecule has 0 amide bonds. The van der Waals surface area contributed by atoms with Crippen molar-refractivity contribution in [2.24, 2.45) is 0 Å². The number of nitrogens with zero attached hydrogens (tertiary/aromatic N) is 1. The summed E-state index contributed by atoms with van der Waals surface area (Å²) in [6, 6.07) is 17.8. The van der Waals surface area contributed by atoms with Crippen molar-refractivity contribution in [1.29, 1.82) is 0 Å². The van der Waals surface area contributed by atoms with Crippen molar-refractivity contribution in [3.05, 3.63) is 71.1 Å². The lowest BCUT2D eigenvalue weighted by atomic mass is 10.0. The van der Waals surface area contributed by atoms with Gasteiger partial charge in [0.15, 0.2) is 0 Å². The Kier molecular flexibility index (Phi) is 8.10. The van der Waals surface area contributed by atoms with Crippen LogP contribution in [0.2, 0.25) is 0 Å². The number of piperidine rings is 1. The molecule has 1 aromatic heterocycles. The minimum atomic E-state index is -3.32. The minimum absolute atomic E-state index is 0.0462. The first-order valence-electron chi connectivity index (χ1n) is 11.6. The van der Waals surface area contributed by atoms with Gasteiger partial charge in [-0.2, -0.15) is 0 Å². The topological polar surface area (TPSA) is 87.7 Å². The Labute approximate surface area is 211 Å². The fourth-order valence-corrected chi connectivity index (χ4v) is 6.86. The molecule has 9 heteroatoms. The van der Waals surface area contributed by atoms with Gasteiger partial charge in [-0.05, 0) is 48.6 Å². The molecule has 3 aromatic rings. The van der Waals surface area contributed by atoms with E-state index in [0.717, 1.165) is 45.8 Å². The third kappa shape index (κ3) is 6.42. The Morgan fingerprint density at radius 2 is 1.86 bits per heavy atom. The predicted molar refractivity (Wildman–Crippen MR) is 142 cm³/mol. The number of esters is 1. The molecule has 2 N–H and O–H groups in total. The molecule has 2 heterocycles. The van der Waals surface area contributed by atoms with Gasteiger partial charge in [-0.15, -0.1) is 11.3 Å². The molecule has 0 atom stereocenters. The van der Waals surface area contributed by atoms with Gasteiger partial charge in [-0.1, -0.05) is 42.5 Å². The Morgan fingerprint density at radius 1 is 1.11 bits per heavy atom. The molecule has 0 aliphatic carbocycles. The zero-order chi connectivity index (χ0) is 24.8. The van der Waals surface area contributed by atoms with Crippen LogP contribution in [0.4, 0.5) is 11.4 Å². The summed E-state index contributed by atoms with van der Waals surface area (Å²) in [7, 11) is -1.94.